The number of oxime groups is 2. The second kappa shape index (κ2) is 50.9. The quantitative estimate of drug-likeness (QED) is 0.00379. The van der Waals surface area contributed by atoms with Crippen LogP contribution in [0, 0.1) is 51.1 Å². The molecule has 0 saturated carbocycles. The van der Waals surface area contributed by atoms with Gasteiger partial charge in [-0.2, -0.15) is 41.3 Å². The van der Waals surface area contributed by atoms with E-state index in [1.54, 1.807) is 47.1 Å². The molecule has 3 heterocycles. The molecule has 3 aromatic heterocycles. The summed E-state index contributed by atoms with van der Waals surface area (Å²) in [5.74, 6) is 3.60. The lowest BCUT2D eigenvalue weighted by Gasteiger charge is -2.15. The highest BCUT2D eigenvalue weighted by Crippen LogP contribution is 2.44. The molecule has 0 bridgehead atoms. The molecule has 10 aromatic rings. The number of amidine groups is 2. The molecule has 10 rings (SSSR count). The van der Waals surface area contributed by atoms with Crippen molar-refractivity contribution in [1.82, 2.24) is 30.4 Å². The number of halogens is 9. The van der Waals surface area contributed by atoms with Crippen LogP contribution in [0.5, 0.6) is 57.5 Å². The van der Waals surface area contributed by atoms with Crippen LogP contribution in [0.4, 0.5) is 59.5 Å². The van der Waals surface area contributed by atoms with Gasteiger partial charge in [0.05, 0.1) is 142 Å². The molecule has 126 heavy (non-hydrogen) atoms. The smallest absolute Gasteiger partial charge is 0.416 e. The zero-order valence-corrected chi connectivity index (χ0v) is 69.6. The molecule has 42 nitrogen and oxygen atoms in total. The number of benzene rings is 7. The maximum absolute atomic E-state index is 13.0. The van der Waals surface area contributed by atoms with Gasteiger partial charge in [-0.3, -0.25) is 44.6 Å². The summed E-state index contributed by atoms with van der Waals surface area (Å²) in [6.07, 6.45) is -9.26. The molecule has 0 aliphatic rings. The molecule has 3 radical (unpaired) electrons. The van der Waals surface area contributed by atoms with Crippen molar-refractivity contribution < 1.29 is 145 Å². The Balaban J connectivity index is -0.00000145. The summed E-state index contributed by atoms with van der Waals surface area (Å²) in [4.78, 5) is 69.0. The fraction of sp³-hybridized carbons (Fsp3) is 0.278. The van der Waals surface area contributed by atoms with Crippen LogP contribution in [0.3, 0.4) is 0 Å². The molecule has 0 unspecified atom stereocenters. The number of nitro benzene ring substituents is 3. The first-order valence-electron chi connectivity index (χ1n) is 32.5. The van der Waals surface area contributed by atoms with E-state index in [2.05, 4.69) is 50.3 Å². The molecule has 0 spiro atoms. The van der Waals surface area contributed by atoms with Crippen LogP contribution in [-0.4, -0.2) is 170 Å². The number of hydrogen-bond acceptors (Lipinski definition) is 36. The minimum atomic E-state index is -4.69. The van der Waals surface area contributed by atoms with Crippen LogP contribution in [0.25, 0.3) is 34.4 Å². The fourth-order valence-electron chi connectivity index (χ4n) is 9.02. The molecule has 8 N–H and O–H groups in total. The van der Waals surface area contributed by atoms with Crippen molar-refractivity contribution in [1.29, 1.82) is 0 Å². The van der Waals surface area contributed by atoms with Gasteiger partial charge in [-0.1, -0.05) is 60.2 Å². The number of aryl methyl sites for hydroxylation is 3. The highest BCUT2D eigenvalue weighted by atomic mass is 35.7. The summed E-state index contributed by atoms with van der Waals surface area (Å²) in [7, 11) is 10.4. The molecule has 7 aromatic carbocycles. The Labute approximate surface area is 726 Å². The zero-order chi connectivity index (χ0) is 91.4. The highest BCUT2D eigenvalue weighted by Gasteiger charge is 2.34. The number of nitrogens with one attached hydrogen (secondary N) is 1. The predicted molar refractivity (Wildman–Crippen MR) is 445 cm³/mol. The van der Waals surface area contributed by atoms with E-state index < -0.39 is 89.7 Å². The molecular formula is C72H86BCl2F7N15O27S2. The third-order valence-corrected chi connectivity index (χ3v) is 17.4. The standard InChI is InChI=1S/C18H16F3N3O5S.C11H13N3O6.C11H11N3O5.C11H13N3O3.C9H8ClNO5.C7H4ClF3O2S.C2H6N2O.3CH4.B.FH.H2/c1-10-22-17(29-23-10)13-8-15(27-2)16(28-3)9-14(13)24-30(25,26)12-6-4-5-11(7-12)18(19,20)21;1-6(12)13-20-11(15)7-4-9(18-2)10(19-3)5-8(7)14(16)17;1-6-12-11(19-13-6)7-4-9(17-2)10(18-3)5-8(7)14(15)16;1-6-13-11(17-14-6)7-4-9(15-2)10(16-3)5-8(7)12;1-15-7-3-5(9(10)12)6(11(13)14)4-8(7)16-2;8-14(12,13)6-3-1-2-5(4-6)7(9,10)11;1-2(3)4-5;;;;;;/h4-9,24H,1-3H3;4-5H,1-3H3,(H2,12,13);4-5H,1-3H3;4-5H,12H2,1-3H3;3-4H,1-2H3;1-4H;5H,1H3,(H2,3,4);3*1H4;;2*1H. The molecule has 689 valence electrons. The van der Waals surface area contributed by atoms with Gasteiger partial charge in [-0.15, -0.1) is 0 Å². The number of sulfonamides is 1. The normalized spacial score (nSPS) is 10.6. The van der Waals surface area contributed by atoms with E-state index in [0.717, 1.165) is 54.6 Å². The largest absolute Gasteiger partial charge is 0.493 e. The van der Waals surface area contributed by atoms with Crippen molar-refractivity contribution in [2.75, 3.05) is 81.6 Å². The average molecular weight is 1870 g/mol. The summed E-state index contributed by atoms with van der Waals surface area (Å²) >= 11 is 5.24. The van der Waals surface area contributed by atoms with E-state index in [1.807, 2.05) is 0 Å². The fourth-order valence-corrected chi connectivity index (χ4v) is 11.1. The summed E-state index contributed by atoms with van der Waals surface area (Å²) in [6, 6.07) is 19.9. The van der Waals surface area contributed by atoms with Gasteiger partial charge in [0.2, 0.25) is 0 Å². The first kappa shape index (κ1) is 114. The highest BCUT2D eigenvalue weighted by molar-refractivity contribution is 8.13. The van der Waals surface area contributed by atoms with Crippen LogP contribution in [-0.2, 0) is 36.3 Å². The Hall–Kier alpha value is -14.3. The summed E-state index contributed by atoms with van der Waals surface area (Å²) in [5, 5.41) is 56.3. The Morgan fingerprint density at radius 1 is 0.500 bits per heavy atom. The van der Waals surface area contributed by atoms with Crippen LogP contribution < -0.4 is 69.3 Å². The van der Waals surface area contributed by atoms with Crippen molar-refractivity contribution in [2.24, 2.45) is 21.8 Å². The number of anilines is 2. The number of carbonyl (C=O) groups excluding carboxylic acids is 2. The van der Waals surface area contributed by atoms with E-state index in [1.165, 1.54) is 101 Å². The van der Waals surface area contributed by atoms with Gasteiger partial charge >= 0.3 is 18.3 Å². The van der Waals surface area contributed by atoms with Crippen LogP contribution in [0.2, 0.25) is 0 Å². The summed E-state index contributed by atoms with van der Waals surface area (Å²) in [6.45, 7) is 7.83. The SMILES string of the molecule is C.C.C.C/C(N)=N\O.COc1cc(-c2nc(C)no2)c([N+](=O)[O-])cc1OC.COc1cc(C(=O)Cl)c([N+](=O)[O-])cc1OC.COc1cc(C(=O)O/N=C(\C)N)c([N+](=O)[O-])cc1OC.COc1cc(N)c(-c2nc(C)no2)cc1OC.COc1cc(NS(=O)(=O)c2cccc(C(F)(F)F)c2)c(-c2nc(C)no2)cc1OC.F.O=S(=O)(Cl)c1cccc(C(F)(F)F)c1.[B].[HH]. The van der Waals surface area contributed by atoms with Gasteiger partial charge in [0.25, 0.3) is 59.1 Å². The number of nitrogens with two attached hydrogens (primary N) is 3. The minimum absolute atomic E-state index is 0. The van der Waals surface area contributed by atoms with Gasteiger partial charge in [0.15, 0.2) is 75.0 Å². The number of aromatic nitrogens is 6. The van der Waals surface area contributed by atoms with Crippen LogP contribution in [0.15, 0.2) is 143 Å². The molecule has 0 aliphatic carbocycles. The Morgan fingerprint density at radius 3 is 1.15 bits per heavy atom. The van der Waals surface area contributed by atoms with E-state index in [-0.39, 0.29) is 134 Å². The molecule has 0 aliphatic heterocycles. The van der Waals surface area contributed by atoms with Gasteiger partial charge in [0, 0.05) is 56.5 Å². The summed E-state index contributed by atoms with van der Waals surface area (Å²) in [5.41, 5.74) is 13.5. The topological polar surface area (TPSA) is 585 Å². The number of methoxy groups -OCH3 is 10. The maximum atomic E-state index is 13.0. The van der Waals surface area contributed by atoms with E-state index >= 15 is 0 Å². The van der Waals surface area contributed by atoms with E-state index in [4.69, 9.17) is 106 Å². The van der Waals surface area contributed by atoms with E-state index in [0.29, 0.717) is 64.0 Å². The molecule has 54 heteroatoms. The molecule has 0 saturated heterocycles. The molecular weight excluding hydrogens is 1790 g/mol. The van der Waals surface area contributed by atoms with Crippen molar-refractivity contribution in [3.63, 3.8) is 0 Å². The lowest BCUT2D eigenvalue weighted by Crippen LogP contribution is -2.15. The zero-order valence-electron chi connectivity index (χ0n) is 66.4. The maximum Gasteiger partial charge on any atom is 0.416 e. The molecule has 0 amide bonds. The Kier molecular flexibility index (Phi) is 46.0. The van der Waals surface area contributed by atoms with Gasteiger partial charge in [0.1, 0.15) is 28.4 Å². The van der Waals surface area contributed by atoms with Crippen molar-refractivity contribution in [3.8, 4) is 91.9 Å². The number of ether oxygens (including phenoxy) is 10. The second-order valence-corrected chi connectivity index (χ2v) is 27.2. The molecule has 0 fully saturated rings. The Bertz CT molecular complexity index is 5620. The van der Waals surface area contributed by atoms with E-state index in [9.17, 15) is 83.1 Å². The number of alkyl halides is 6. The van der Waals surface area contributed by atoms with Gasteiger partial charge in [-0.05, 0) is 94.8 Å². The van der Waals surface area contributed by atoms with Gasteiger partial charge in [-0.25, -0.2) is 21.6 Å². The minimum Gasteiger partial charge on any atom is -0.493 e. The number of carbonyl (C=O) groups is 2. The predicted octanol–water partition coefficient (Wildman–Crippen LogP) is 14.9. The van der Waals surface area contributed by atoms with Crippen molar-refractivity contribution in [3.05, 3.63) is 179 Å². The third-order valence-electron chi connectivity index (χ3n) is 14.5. The summed E-state index contributed by atoms with van der Waals surface area (Å²) < 4.78 is 190. The lowest BCUT2D eigenvalue weighted by atomic mass is 10.1. The lowest BCUT2D eigenvalue weighted by molar-refractivity contribution is -0.385. The first-order chi connectivity index (χ1) is 56.6. The number of nitrogen functional groups attached to an aromatic ring is 1. The first-order valence-corrected chi connectivity index (χ1v) is 36.7. The number of rotatable bonds is 23. The number of nitro groups is 3. The number of hydrogen-bond donors (Lipinski definition) is 5. The van der Waals surface area contributed by atoms with Gasteiger partial charge < -0.3 is 88.2 Å². The van der Waals surface area contributed by atoms with Crippen LogP contribution in [0.1, 0.15) is 86.9 Å². The average Bonchev–Trinajstić information content (AvgIpc) is 1.74. The number of nitrogens with zero attached hydrogens (tertiary/aromatic N) is 11. The van der Waals surface area contributed by atoms with Crippen molar-refractivity contribution in [2.45, 2.75) is 79.0 Å². The second-order valence-electron chi connectivity index (χ2n) is 22.7. The Morgan fingerprint density at radius 2 is 0.810 bits per heavy atom. The van der Waals surface area contributed by atoms with Crippen LogP contribution >= 0.6 is 22.3 Å². The third kappa shape index (κ3) is 32.2. The van der Waals surface area contributed by atoms with Crippen molar-refractivity contribution >= 4 is 101 Å². The monoisotopic (exact) mass is 1870 g/mol. The molecule has 0 atom stereocenters.